The number of hydrogen-bond donors (Lipinski definition) is 0. The summed E-state index contributed by atoms with van der Waals surface area (Å²) in [5.74, 6) is 0.00419. The third-order valence-electron chi connectivity index (χ3n) is 2.00. The SMILES string of the molecule is N#Cc1ccccc1OS(=O)(=O)c1ccc(Cl)s1. The lowest BCUT2D eigenvalue weighted by Crippen LogP contribution is -2.08. The fourth-order valence-corrected chi connectivity index (χ4v) is 3.62. The van der Waals surface area contributed by atoms with Crippen LogP contribution in [0.5, 0.6) is 5.75 Å². The van der Waals surface area contributed by atoms with Gasteiger partial charge in [-0.25, -0.2) is 0 Å². The smallest absolute Gasteiger partial charge is 0.348 e. The van der Waals surface area contributed by atoms with Crippen LogP contribution in [0.1, 0.15) is 5.56 Å². The number of para-hydroxylation sites is 1. The largest absolute Gasteiger partial charge is 0.377 e. The Bertz CT molecular complexity index is 716. The Labute approximate surface area is 113 Å². The van der Waals surface area contributed by atoms with Gasteiger partial charge in [-0.3, -0.25) is 0 Å². The maximum Gasteiger partial charge on any atom is 0.348 e. The van der Waals surface area contributed by atoms with Gasteiger partial charge in [0.2, 0.25) is 0 Å². The molecule has 0 aliphatic rings. The van der Waals surface area contributed by atoms with Crippen LogP contribution in [-0.4, -0.2) is 8.42 Å². The molecule has 0 bridgehead atoms. The van der Waals surface area contributed by atoms with Gasteiger partial charge >= 0.3 is 10.1 Å². The Morgan fingerprint density at radius 1 is 1.22 bits per heavy atom. The first-order valence-electron chi connectivity index (χ1n) is 4.72. The summed E-state index contributed by atoms with van der Waals surface area (Å²) in [5, 5.41) is 8.85. The van der Waals surface area contributed by atoms with Gasteiger partial charge in [0.1, 0.15) is 6.07 Å². The summed E-state index contributed by atoms with van der Waals surface area (Å²) in [5.41, 5.74) is 0.156. The normalized spacial score (nSPS) is 10.9. The third-order valence-corrected chi connectivity index (χ3v) is 4.92. The number of nitriles is 1. The third kappa shape index (κ3) is 2.64. The van der Waals surface area contributed by atoms with E-state index in [9.17, 15) is 8.42 Å². The van der Waals surface area contributed by atoms with E-state index in [0.717, 1.165) is 11.3 Å². The first kappa shape index (κ1) is 12.9. The lowest BCUT2D eigenvalue weighted by Gasteiger charge is -2.05. The molecule has 0 radical (unpaired) electrons. The molecular formula is C11H6ClNO3S2. The van der Waals surface area contributed by atoms with Gasteiger partial charge in [0, 0.05) is 0 Å². The van der Waals surface area contributed by atoms with E-state index in [2.05, 4.69) is 0 Å². The molecule has 0 aliphatic heterocycles. The van der Waals surface area contributed by atoms with Crippen LogP contribution < -0.4 is 4.18 Å². The first-order chi connectivity index (χ1) is 8.53. The Morgan fingerprint density at radius 2 is 1.94 bits per heavy atom. The van der Waals surface area contributed by atoms with Crippen molar-refractivity contribution >= 4 is 33.1 Å². The summed E-state index contributed by atoms with van der Waals surface area (Å²) in [6.07, 6.45) is 0. The number of nitrogens with zero attached hydrogens (tertiary/aromatic N) is 1. The summed E-state index contributed by atoms with van der Waals surface area (Å²) in [6, 6.07) is 10.8. The van der Waals surface area contributed by atoms with Crippen molar-refractivity contribution in [3.8, 4) is 11.8 Å². The van der Waals surface area contributed by atoms with Gasteiger partial charge < -0.3 is 4.18 Å². The highest BCUT2D eigenvalue weighted by Crippen LogP contribution is 2.29. The molecule has 18 heavy (non-hydrogen) atoms. The van der Waals surface area contributed by atoms with Gasteiger partial charge in [-0.05, 0) is 24.3 Å². The molecule has 0 saturated carbocycles. The molecule has 1 aromatic carbocycles. The van der Waals surface area contributed by atoms with E-state index >= 15 is 0 Å². The Hall–Kier alpha value is -1.55. The van der Waals surface area contributed by atoms with E-state index in [1.54, 1.807) is 12.1 Å². The van der Waals surface area contributed by atoms with Crippen molar-refractivity contribution in [1.29, 1.82) is 5.26 Å². The maximum absolute atomic E-state index is 11.9. The highest BCUT2D eigenvalue weighted by molar-refractivity contribution is 7.89. The number of benzene rings is 1. The summed E-state index contributed by atoms with van der Waals surface area (Å²) in [6.45, 7) is 0. The van der Waals surface area contributed by atoms with Gasteiger partial charge in [-0.15, -0.1) is 11.3 Å². The lowest BCUT2D eigenvalue weighted by atomic mass is 10.2. The molecule has 1 heterocycles. The lowest BCUT2D eigenvalue weighted by molar-refractivity contribution is 0.487. The van der Waals surface area contributed by atoms with Crippen LogP contribution in [0, 0.1) is 11.3 Å². The van der Waals surface area contributed by atoms with E-state index < -0.39 is 10.1 Å². The molecular weight excluding hydrogens is 294 g/mol. The average Bonchev–Trinajstić information content (AvgIpc) is 2.77. The quantitative estimate of drug-likeness (QED) is 0.817. The first-order valence-corrected chi connectivity index (χ1v) is 7.32. The van der Waals surface area contributed by atoms with Crippen molar-refractivity contribution in [2.45, 2.75) is 4.21 Å². The van der Waals surface area contributed by atoms with Crippen LogP contribution >= 0.6 is 22.9 Å². The fourth-order valence-electron chi connectivity index (χ4n) is 1.22. The molecule has 0 aliphatic carbocycles. The molecule has 0 atom stereocenters. The van der Waals surface area contributed by atoms with Gasteiger partial charge in [-0.1, -0.05) is 23.7 Å². The summed E-state index contributed by atoms with van der Waals surface area (Å²) >= 11 is 6.57. The van der Waals surface area contributed by atoms with Crippen LogP contribution in [-0.2, 0) is 10.1 Å². The van der Waals surface area contributed by atoms with Gasteiger partial charge in [0.15, 0.2) is 9.96 Å². The van der Waals surface area contributed by atoms with Crippen molar-refractivity contribution in [2.24, 2.45) is 0 Å². The number of halogens is 1. The molecule has 0 unspecified atom stereocenters. The van der Waals surface area contributed by atoms with Crippen molar-refractivity contribution in [3.05, 3.63) is 46.3 Å². The predicted molar refractivity (Wildman–Crippen MR) is 68.3 cm³/mol. The Morgan fingerprint density at radius 3 is 2.56 bits per heavy atom. The van der Waals surface area contributed by atoms with E-state index in [1.165, 1.54) is 24.3 Å². The van der Waals surface area contributed by atoms with E-state index in [-0.39, 0.29) is 15.5 Å². The molecule has 0 amide bonds. The van der Waals surface area contributed by atoms with Crippen LogP contribution in [0.15, 0.2) is 40.6 Å². The topological polar surface area (TPSA) is 67.2 Å². The van der Waals surface area contributed by atoms with Gasteiger partial charge in [0.05, 0.1) is 9.90 Å². The zero-order chi connectivity index (χ0) is 13.2. The average molecular weight is 300 g/mol. The van der Waals surface area contributed by atoms with Crippen molar-refractivity contribution in [2.75, 3.05) is 0 Å². The highest BCUT2D eigenvalue weighted by Gasteiger charge is 2.20. The van der Waals surface area contributed by atoms with E-state index in [4.69, 9.17) is 21.0 Å². The second-order valence-corrected chi connectivity index (χ2v) is 6.69. The molecule has 0 spiro atoms. The summed E-state index contributed by atoms with van der Waals surface area (Å²) < 4.78 is 29.1. The van der Waals surface area contributed by atoms with Crippen molar-refractivity contribution < 1.29 is 12.6 Å². The highest BCUT2D eigenvalue weighted by atomic mass is 35.5. The molecule has 4 nitrogen and oxygen atoms in total. The predicted octanol–water partition coefficient (Wildman–Crippen LogP) is 3.04. The monoisotopic (exact) mass is 299 g/mol. The second-order valence-electron chi connectivity index (χ2n) is 3.20. The van der Waals surface area contributed by atoms with Gasteiger partial charge in [0.25, 0.3) is 0 Å². The second kappa shape index (κ2) is 4.98. The Balaban J connectivity index is 2.37. The van der Waals surface area contributed by atoms with Crippen molar-refractivity contribution in [3.63, 3.8) is 0 Å². The molecule has 2 rings (SSSR count). The van der Waals surface area contributed by atoms with Crippen LogP contribution in [0.3, 0.4) is 0 Å². The van der Waals surface area contributed by atoms with Crippen LogP contribution in [0.4, 0.5) is 0 Å². The zero-order valence-corrected chi connectivity index (χ0v) is 11.2. The van der Waals surface area contributed by atoms with Crippen LogP contribution in [0.25, 0.3) is 0 Å². The van der Waals surface area contributed by atoms with E-state index in [0.29, 0.717) is 4.34 Å². The molecule has 0 saturated heterocycles. The number of rotatable bonds is 3. The molecule has 1 aromatic heterocycles. The molecule has 0 N–H and O–H groups in total. The fraction of sp³-hybridized carbons (Fsp3) is 0. The standard InChI is InChI=1S/C11H6ClNO3S2/c12-10-5-6-11(17-10)18(14,15)16-9-4-2-1-3-8(9)7-13/h1-6H. The molecule has 7 heteroatoms. The minimum absolute atomic E-state index is 0.000225. The molecule has 2 aromatic rings. The maximum atomic E-state index is 11.9. The van der Waals surface area contributed by atoms with E-state index in [1.807, 2.05) is 6.07 Å². The summed E-state index contributed by atoms with van der Waals surface area (Å²) in [4.78, 5) is 0. The minimum atomic E-state index is -3.94. The minimum Gasteiger partial charge on any atom is -0.377 e. The molecule has 92 valence electrons. The Kier molecular flexibility index (Phi) is 3.57. The number of thiophene rings is 1. The summed E-state index contributed by atoms with van der Waals surface area (Å²) in [7, 11) is -3.94. The number of hydrogen-bond acceptors (Lipinski definition) is 5. The van der Waals surface area contributed by atoms with Gasteiger partial charge in [-0.2, -0.15) is 13.7 Å². The zero-order valence-electron chi connectivity index (χ0n) is 8.83. The molecule has 0 fully saturated rings. The van der Waals surface area contributed by atoms with Crippen LogP contribution in [0.2, 0.25) is 4.34 Å². The van der Waals surface area contributed by atoms with Crippen molar-refractivity contribution in [1.82, 2.24) is 0 Å².